The summed E-state index contributed by atoms with van der Waals surface area (Å²) in [4.78, 5) is 0. The molecule has 2 aliphatic rings. The topological polar surface area (TPSA) is 36.9 Å². The van der Waals surface area contributed by atoms with Crippen molar-refractivity contribution in [2.45, 2.75) is 7.25 Å². The molecule has 0 unspecified atom stereocenters. The van der Waals surface area contributed by atoms with E-state index in [1.54, 1.807) is 14.2 Å². The maximum atomic E-state index is 6.90. The van der Waals surface area contributed by atoms with Crippen molar-refractivity contribution in [2.75, 3.05) is 14.2 Å². The van der Waals surface area contributed by atoms with Crippen molar-refractivity contribution in [3.63, 3.8) is 0 Å². The Balaban J connectivity index is 1.84. The Bertz CT molecular complexity index is 873. The summed E-state index contributed by atoms with van der Waals surface area (Å²) < 4.78 is 25.1. The van der Waals surface area contributed by atoms with Crippen LogP contribution in [0.15, 0.2) is 97.1 Å². The summed E-state index contributed by atoms with van der Waals surface area (Å²) in [5.74, 6) is 2.83. The van der Waals surface area contributed by atoms with E-state index in [1.807, 2.05) is 48.5 Å². The molecule has 2 aromatic carbocycles. The molecule has 0 saturated carbocycles. The predicted molar refractivity (Wildman–Crippen MR) is 111 cm³/mol. The van der Waals surface area contributed by atoms with E-state index in [2.05, 4.69) is 48.6 Å². The molecule has 0 N–H and O–H groups in total. The molecule has 0 amide bonds. The molecule has 2 aromatic rings. The second-order valence-corrected chi connectivity index (χ2v) is 14.6. The van der Waals surface area contributed by atoms with Gasteiger partial charge in [0.2, 0.25) is 0 Å². The zero-order valence-corrected chi connectivity index (χ0v) is 19.0. The summed E-state index contributed by atoms with van der Waals surface area (Å²) in [6.45, 7) is 0. The number of ether oxygens (including phenoxy) is 2. The number of rotatable bonds is 8. The van der Waals surface area contributed by atoms with Gasteiger partial charge in [-0.3, -0.25) is 0 Å². The third-order valence-electron chi connectivity index (χ3n) is 5.10. The molecule has 0 fully saturated rings. The Morgan fingerprint density at radius 1 is 0.552 bits per heavy atom. The summed E-state index contributed by atoms with van der Waals surface area (Å²) in [5.41, 5.74) is 0. The van der Waals surface area contributed by atoms with Crippen molar-refractivity contribution in [1.29, 1.82) is 0 Å². The Hall–Kier alpha value is -2.52. The minimum atomic E-state index is -4.01. The average molecular weight is 468 g/mol. The van der Waals surface area contributed by atoms with E-state index >= 15 is 0 Å². The minimum absolute atomic E-state index is 0.0940. The molecule has 2 aliphatic carbocycles. The van der Waals surface area contributed by atoms with E-state index in [9.17, 15) is 0 Å². The standard InChI is InChI=1S/2C7H8O2.2C5H5.Zr/c2*1-9-7-5-3-2-4-6(7)8;2*1-2-4-5-3-1;/h2*2-5,8H,1H3;2*1-5H;/q;;;;+2/p-2. The van der Waals surface area contributed by atoms with Crippen molar-refractivity contribution in [2.24, 2.45) is 0 Å². The molecule has 0 bridgehead atoms. The molecule has 0 aromatic heterocycles. The van der Waals surface area contributed by atoms with Gasteiger partial charge in [-0.2, -0.15) is 0 Å². The van der Waals surface area contributed by atoms with E-state index in [0.717, 1.165) is 0 Å². The molecule has 148 valence electrons. The van der Waals surface area contributed by atoms with E-state index < -0.39 is 21.1 Å². The van der Waals surface area contributed by atoms with Crippen LogP contribution in [-0.4, -0.2) is 14.2 Å². The molecule has 0 heterocycles. The van der Waals surface area contributed by atoms with E-state index in [0.29, 0.717) is 23.0 Å². The van der Waals surface area contributed by atoms with Crippen LogP contribution in [0.4, 0.5) is 0 Å². The van der Waals surface area contributed by atoms with Crippen molar-refractivity contribution in [1.82, 2.24) is 0 Å². The van der Waals surface area contributed by atoms with E-state index in [1.165, 1.54) is 0 Å². The number of methoxy groups -OCH3 is 2. The number of para-hydroxylation sites is 4. The van der Waals surface area contributed by atoms with Gasteiger partial charge in [0, 0.05) is 0 Å². The molecule has 0 saturated heterocycles. The van der Waals surface area contributed by atoms with Crippen LogP contribution in [0.1, 0.15) is 0 Å². The van der Waals surface area contributed by atoms with Crippen LogP contribution < -0.4 is 15.1 Å². The molecule has 0 radical (unpaired) electrons. The third kappa shape index (κ3) is 3.97. The van der Waals surface area contributed by atoms with Crippen LogP contribution in [0.5, 0.6) is 23.0 Å². The molecule has 0 aliphatic heterocycles. The SMILES string of the molecule is COc1ccccc1[O][Zr]([O]c1ccccc1OC)([CH]1C=CC=C1)[CH]1C=CC=C1. The Morgan fingerprint density at radius 3 is 1.24 bits per heavy atom. The Kier molecular flexibility index (Phi) is 6.06. The van der Waals surface area contributed by atoms with Gasteiger partial charge in [-0.15, -0.1) is 0 Å². The fourth-order valence-corrected chi connectivity index (χ4v) is 12.4. The van der Waals surface area contributed by atoms with Crippen LogP contribution in [0.2, 0.25) is 7.25 Å². The van der Waals surface area contributed by atoms with Crippen molar-refractivity contribution in [3.05, 3.63) is 97.1 Å². The summed E-state index contributed by atoms with van der Waals surface area (Å²) in [5, 5.41) is 0. The summed E-state index contributed by atoms with van der Waals surface area (Å²) in [6, 6.07) is 15.5. The van der Waals surface area contributed by atoms with Crippen LogP contribution in [0.3, 0.4) is 0 Å². The molecule has 0 atom stereocenters. The Morgan fingerprint density at radius 2 is 0.897 bits per heavy atom. The van der Waals surface area contributed by atoms with Gasteiger partial charge in [-0.25, -0.2) is 0 Å². The van der Waals surface area contributed by atoms with E-state index in [-0.39, 0.29) is 7.25 Å². The number of benzene rings is 2. The molecule has 29 heavy (non-hydrogen) atoms. The monoisotopic (exact) mass is 466 g/mol. The second kappa shape index (κ2) is 8.88. The quantitative estimate of drug-likeness (QED) is 0.479. The van der Waals surface area contributed by atoms with Gasteiger partial charge in [0.15, 0.2) is 0 Å². The van der Waals surface area contributed by atoms with Gasteiger partial charge in [-0.05, 0) is 0 Å². The summed E-state index contributed by atoms with van der Waals surface area (Å²) in [7, 11) is 3.32. The fraction of sp³-hybridized carbons (Fsp3) is 0.167. The maximum absolute atomic E-state index is 6.90. The molecule has 4 rings (SSSR count). The molecule has 5 heteroatoms. The first-order chi connectivity index (χ1) is 14.3. The summed E-state index contributed by atoms with van der Waals surface area (Å²) in [6.07, 6.45) is 17.0. The third-order valence-corrected chi connectivity index (χ3v) is 14.2. The Labute approximate surface area is 177 Å². The molecule has 4 nitrogen and oxygen atoms in total. The number of hydrogen-bond donors (Lipinski definition) is 0. The summed E-state index contributed by atoms with van der Waals surface area (Å²) >= 11 is -4.01. The average Bonchev–Trinajstić information content (AvgIpc) is 3.48. The van der Waals surface area contributed by atoms with Gasteiger partial charge in [0.1, 0.15) is 0 Å². The first kappa shape index (κ1) is 19.8. The number of hydrogen-bond acceptors (Lipinski definition) is 4. The van der Waals surface area contributed by atoms with Crippen LogP contribution in [-0.2, 0) is 21.1 Å². The zero-order valence-electron chi connectivity index (χ0n) is 16.5. The van der Waals surface area contributed by atoms with Crippen molar-refractivity contribution < 1.29 is 36.2 Å². The van der Waals surface area contributed by atoms with Crippen molar-refractivity contribution in [3.8, 4) is 23.0 Å². The van der Waals surface area contributed by atoms with Crippen LogP contribution >= 0.6 is 0 Å². The first-order valence-corrected chi connectivity index (χ1v) is 14.5. The first-order valence-electron chi connectivity index (χ1n) is 9.61. The van der Waals surface area contributed by atoms with Crippen molar-refractivity contribution >= 4 is 0 Å². The normalized spacial score (nSPS) is 15.8. The molecular formula is C24H24O4Zr. The molecule has 0 spiro atoms. The predicted octanol–water partition coefficient (Wildman–Crippen LogP) is 5.97. The van der Waals surface area contributed by atoms with Gasteiger partial charge in [0.25, 0.3) is 0 Å². The second-order valence-electron chi connectivity index (χ2n) is 6.82. The zero-order chi connectivity index (χ0) is 20.1. The fourth-order valence-electron chi connectivity index (χ4n) is 3.67. The van der Waals surface area contributed by atoms with Gasteiger partial charge in [-0.1, -0.05) is 0 Å². The van der Waals surface area contributed by atoms with Gasteiger partial charge in [0.05, 0.1) is 0 Å². The van der Waals surface area contributed by atoms with Gasteiger partial charge >= 0.3 is 178 Å². The molecular weight excluding hydrogens is 443 g/mol. The number of allylic oxidation sites excluding steroid dienone is 8. The van der Waals surface area contributed by atoms with Crippen LogP contribution in [0.25, 0.3) is 0 Å². The van der Waals surface area contributed by atoms with Gasteiger partial charge < -0.3 is 0 Å². The van der Waals surface area contributed by atoms with E-state index in [4.69, 9.17) is 15.1 Å². The van der Waals surface area contributed by atoms with Crippen LogP contribution in [0, 0.1) is 0 Å².